The Bertz CT molecular complexity index is 1250. The number of alkyl halides is 3. The van der Waals surface area contributed by atoms with E-state index in [-0.39, 0.29) is 17.8 Å². The van der Waals surface area contributed by atoms with Crippen molar-refractivity contribution < 1.29 is 22.7 Å². The first-order chi connectivity index (χ1) is 17.3. The molecule has 3 aromatic rings. The number of aromatic nitrogens is 4. The van der Waals surface area contributed by atoms with E-state index in [1.807, 2.05) is 35.2 Å². The van der Waals surface area contributed by atoms with Crippen LogP contribution in [0.3, 0.4) is 0 Å². The van der Waals surface area contributed by atoms with Crippen molar-refractivity contribution in [2.45, 2.75) is 64.9 Å². The van der Waals surface area contributed by atoms with Crippen LogP contribution in [-0.4, -0.2) is 38.4 Å². The minimum absolute atomic E-state index is 0.0778. The van der Waals surface area contributed by atoms with Crippen LogP contribution in [0.25, 0.3) is 0 Å². The van der Waals surface area contributed by atoms with E-state index in [0.29, 0.717) is 30.9 Å². The molecule has 1 aliphatic rings. The van der Waals surface area contributed by atoms with Crippen LogP contribution in [0, 0.1) is 6.92 Å². The quantitative estimate of drug-likeness (QED) is 0.435. The molecule has 2 heterocycles. The van der Waals surface area contributed by atoms with Gasteiger partial charge < -0.3 is 9.64 Å². The molecule has 1 aromatic heterocycles. The maximum atomic E-state index is 14.0. The lowest BCUT2D eigenvalue weighted by Gasteiger charge is -2.33. The molecule has 2 aromatic carbocycles. The summed E-state index contributed by atoms with van der Waals surface area (Å²) in [4.78, 5) is 17.8. The van der Waals surface area contributed by atoms with E-state index in [1.165, 1.54) is 22.7 Å². The topological polar surface area (TPSA) is 76.4 Å². The molecule has 8 nitrogen and oxygen atoms in total. The minimum atomic E-state index is -4.57. The summed E-state index contributed by atoms with van der Waals surface area (Å²) in [7, 11) is 1.65. The Hall–Kier alpha value is -3.63. The number of tetrazole rings is 1. The fourth-order valence-corrected chi connectivity index (χ4v) is 4.56. The largest absolute Gasteiger partial charge is 0.443 e. The summed E-state index contributed by atoms with van der Waals surface area (Å²) in [5.74, 6) is 0.352. The smallest absolute Gasteiger partial charge is 0.416 e. The molecule has 0 unspecified atom stereocenters. The van der Waals surface area contributed by atoms with E-state index in [1.54, 1.807) is 27.8 Å². The standard InChI is InChI=1S/C26H31F3N6O2/c1-17-14-19-21(35(23-30-32-33(5)31-23)16-18-10-7-6-8-11-18)12-9-13-34(24(36)37-25(2,3)4)22(19)15-20(17)26(27,28)29/h6-8,10-11,14-15,21H,9,12-13,16H2,1-5H3/t21-/m0/s1. The Labute approximate surface area is 214 Å². The number of hydrogen-bond acceptors (Lipinski definition) is 6. The number of carbonyl (C=O) groups is 1. The number of nitrogens with zero attached hydrogens (tertiary/aromatic N) is 6. The molecule has 198 valence electrons. The van der Waals surface area contributed by atoms with Crippen LogP contribution in [0.2, 0.25) is 0 Å². The summed E-state index contributed by atoms with van der Waals surface area (Å²) in [5.41, 5.74) is 0.229. The number of rotatable bonds is 4. The molecule has 1 amide bonds. The summed E-state index contributed by atoms with van der Waals surface area (Å²) >= 11 is 0. The Balaban J connectivity index is 1.87. The average molecular weight is 517 g/mol. The minimum Gasteiger partial charge on any atom is -0.443 e. The van der Waals surface area contributed by atoms with Crippen LogP contribution in [0.5, 0.6) is 0 Å². The Morgan fingerprint density at radius 2 is 1.86 bits per heavy atom. The Kier molecular flexibility index (Phi) is 7.16. The summed E-state index contributed by atoms with van der Waals surface area (Å²) in [6, 6.07) is 11.9. The molecule has 0 spiro atoms. The molecular weight excluding hydrogens is 485 g/mol. The predicted molar refractivity (Wildman–Crippen MR) is 133 cm³/mol. The van der Waals surface area contributed by atoms with Crippen molar-refractivity contribution in [3.05, 3.63) is 64.7 Å². The highest BCUT2D eigenvalue weighted by Crippen LogP contribution is 2.43. The molecule has 0 aliphatic carbocycles. The van der Waals surface area contributed by atoms with E-state index < -0.39 is 29.5 Å². The van der Waals surface area contributed by atoms with Gasteiger partial charge in [-0.3, -0.25) is 4.90 Å². The van der Waals surface area contributed by atoms with Crippen molar-refractivity contribution in [2.24, 2.45) is 7.05 Å². The molecular formula is C26H31F3N6O2. The molecule has 0 saturated carbocycles. The third-order valence-electron chi connectivity index (χ3n) is 6.13. The highest BCUT2D eigenvalue weighted by molar-refractivity contribution is 5.90. The summed E-state index contributed by atoms with van der Waals surface area (Å²) in [6.45, 7) is 7.23. The normalized spacial score (nSPS) is 16.2. The zero-order chi connectivity index (χ0) is 27.0. The first-order valence-electron chi connectivity index (χ1n) is 12.1. The van der Waals surface area contributed by atoms with E-state index in [9.17, 15) is 18.0 Å². The fraction of sp³-hybridized carbons (Fsp3) is 0.462. The lowest BCUT2D eigenvalue weighted by atomic mass is 9.94. The van der Waals surface area contributed by atoms with E-state index in [4.69, 9.17) is 4.74 Å². The second-order valence-electron chi connectivity index (χ2n) is 10.2. The third-order valence-corrected chi connectivity index (χ3v) is 6.13. The van der Waals surface area contributed by atoms with Crippen LogP contribution in [-0.2, 0) is 24.5 Å². The number of ether oxygens (including phenoxy) is 1. The highest BCUT2D eigenvalue weighted by atomic mass is 19.4. The number of amides is 1. The zero-order valence-electron chi connectivity index (χ0n) is 21.6. The summed E-state index contributed by atoms with van der Waals surface area (Å²) in [5, 5.41) is 12.6. The number of anilines is 2. The van der Waals surface area contributed by atoms with Gasteiger partial charge in [0.1, 0.15) is 5.60 Å². The number of halogens is 3. The third kappa shape index (κ3) is 6.03. The number of aryl methyl sites for hydroxylation is 2. The monoisotopic (exact) mass is 516 g/mol. The van der Waals surface area contributed by atoms with E-state index in [0.717, 1.165) is 11.6 Å². The molecule has 37 heavy (non-hydrogen) atoms. The molecule has 0 N–H and O–H groups in total. The Morgan fingerprint density at radius 1 is 1.16 bits per heavy atom. The lowest BCUT2D eigenvalue weighted by Crippen LogP contribution is -2.37. The SMILES string of the molecule is Cc1cc2c(cc1C(F)(F)F)N(C(=O)OC(C)(C)C)CCC[C@@H]2N(Cc1ccccc1)c1nnn(C)n1. The van der Waals surface area contributed by atoms with Crippen LogP contribution in [0.1, 0.15) is 61.9 Å². The van der Waals surface area contributed by atoms with Gasteiger partial charge in [-0.1, -0.05) is 41.5 Å². The lowest BCUT2D eigenvalue weighted by molar-refractivity contribution is -0.138. The Morgan fingerprint density at radius 3 is 2.46 bits per heavy atom. The number of fused-ring (bicyclic) bond motifs is 1. The van der Waals surface area contributed by atoms with Gasteiger partial charge in [0.2, 0.25) is 0 Å². The molecule has 11 heteroatoms. The predicted octanol–water partition coefficient (Wildman–Crippen LogP) is 5.82. The van der Waals surface area contributed by atoms with E-state index >= 15 is 0 Å². The fourth-order valence-electron chi connectivity index (χ4n) is 4.56. The van der Waals surface area contributed by atoms with Gasteiger partial charge in [0, 0.05) is 13.1 Å². The van der Waals surface area contributed by atoms with Gasteiger partial charge in [-0.05, 0) is 68.5 Å². The second kappa shape index (κ2) is 10.0. The van der Waals surface area contributed by atoms with Gasteiger partial charge >= 0.3 is 12.3 Å². The van der Waals surface area contributed by atoms with Crippen molar-refractivity contribution in [1.29, 1.82) is 0 Å². The van der Waals surface area contributed by atoms with Crippen molar-refractivity contribution in [3.8, 4) is 0 Å². The van der Waals surface area contributed by atoms with Gasteiger partial charge in [0.25, 0.3) is 5.95 Å². The van der Waals surface area contributed by atoms with Crippen LogP contribution < -0.4 is 9.80 Å². The summed E-state index contributed by atoms with van der Waals surface area (Å²) in [6.07, 6.45) is -4.16. The van der Waals surface area contributed by atoms with Gasteiger partial charge in [-0.25, -0.2) is 4.79 Å². The first kappa shape index (κ1) is 26.4. The van der Waals surface area contributed by atoms with Gasteiger partial charge in [-0.15, -0.1) is 5.10 Å². The van der Waals surface area contributed by atoms with Crippen LogP contribution in [0.15, 0.2) is 42.5 Å². The molecule has 4 rings (SSSR count). The average Bonchev–Trinajstić information content (AvgIpc) is 3.14. The molecule has 0 radical (unpaired) electrons. The van der Waals surface area contributed by atoms with Crippen LogP contribution in [0.4, 0.5) is 29.6 Å². The van der Waals surface area contributed by atoms with Gasteiger partial charge in [0.15, 0.2) is 0 Å². The van der Waals surface area contributed by atoms with Crippen molar-refractivity contribution in [1.82, 2.24) is 20.2 Å². The molecule has 1 atom stereocenters. The maximum Gasteiger partial charge on any atom is 0.416 e. The first-order valence-corrected chi connectivity index (χ1v) is 12.1. The van der Waals surface area contributed by atoms with Crippen molar-refractivity contribution in [3.63, 3.8) is 0 Å². The maximum absolute atomic E-state index is 14.0. The van der Waals surface area contributed by atoms with Gasteiger partial charge in [0.05, 0.1) is 24.3 Å². The molecule has 1 aliphatic heterocycles. The molecule has 0 saturated heterocycles. The highest BCUT2D eigenvalue weighted by Gasteiger charge is 2.38. The zero-order valence-corrected chi connectivity index (χ0v) is 21.6. The van der Waals surface area contributed by atoms with Gasteiger partial charge in [-0.2, -0.15) is 18.0 Å². The number of hydrogen-bond donors (Lipinski definition) is 0. The summed E-state index contributed by atoms with van der Waals surface area (Å²) < 4.78 is 47.4. The number of benzene rings is 2. The molecule has 0 bridgehead atoms. The van der Waals surface area contributed by atoms with Crippen molar-refractivity contribution >= 4 is 17.7 Å². The number of carbonyl (C=O) groups excluding carboxylic acids is 1. The van der Waals surface area contributed by atoms with Crippen molar-refractivity contribution in [2.75, 3.05) is 16.3 Å². The van der Waals surface area contributed by atoms with E-state index in [2.05, 4.69) is 15.4 Å². The van der Waals surface area contributed by atoms with Crippen LogP contribution >= 0.6 is 0 Å². The molecule has 0 fully saturated rings. The second-order valence-corrected chi connectivity index (χ2v) is 10.2.